The van der Waals surface area contributed by atoms with Crippen LogP contribution in [-0.2, 0) is 28.9 Å². The SMILES string of the molecule is CCc1ccc2c(CC(=O)N(C)Cc3ccc(N4CCOCC4)cc3)coc2c1. The average Bonchev–Trinajstić information content (AvgIpc) is 3.16. The van der Waals surface area contributed by atoms with E-state index in [1.807, 2.05) is 7.05 Å². The Morgan fingerprint density at radius 2 is 1.79 bits per heavy atom. The van der Waals surface area contributed by atoms with Crippen LogP contribution in [-0.4, -0.2) is 44.2 Å². The van der Waals surface area contributed by atoms with Crippen LogP contribution in [0.2, 0.25) is 0 Å². The molecule has 1 aliphatic heterocycles. The summed E-state index contributed by atoms with van der Waals surface area (Å²) in [5, 5.41) is 1.03. The monoisotopic (exact) mass is 392 g/mol. The van der Waals surface area contributed by atoms with Crippen LogP contribution in [0.3, 0.4) is 0 Å². The Labute approximate surface area is 171 Å². The van der Waals surface area contributed by atoms with Crippen molar-refractivity contribution in [1.82, 2.24) is 4.90 Å². The third kappa shape index (κ3) is 4.46. The molecule has 29 heavy (non-hydrogen) atoms. The summed E-state index contributed by atoms with van der Waals surface area (Å²) in [7, 11) is 1.86. The van der Waals surface area contributed by atoms with E-state index in [4.69, 9.17) is 9.15 Å². The predicted octanol–water partition coefficient (Wildman–Crippen LogP) is 4.03. The number of likely N-dealkylation sites (N-methyl/N-ethyl adjacent to an activating group) is 1. The van der Waals surface area contributed by atoms with Gasteiger partial charge in [-0.2, -0.15) is 0 Å². The molecule has 0 radical (unpaired) electrons. The van der Waals surface area contributed by atoms with Crippen molar-refractivity contribution >= 4 is 22.6 Å². The van der Waals surface area contributed by atoms with Crippen molar-refractivity contribution in [3.05, 3.63) is 65.4 Å². The van der Waals surface area contributed by atoms with Crippen molar-refractivity contribution in [2.75, 3.05) is 38.3 Å². The van der Waals surface area contributed by atoms with Crippen molar-refractivity contribution in [2.24, 2.45) is 0 Å². The molecule has 152 valence electrons. The van der Waals surface area contributed by atoms with Crippen LogP contribution in [0.1, 0.15) is 23.6 Å². The minimum atomic E-state index is 0.0875. The van der Waals surface area contributed by atoms with E-state index in [1.54, 1.807) is 11.2 Å². The van der Waals surface area contributed by atoms with Crippen LogP contribution in [0, 0.1) is 0 Å². The minimum absolute atomic E-state index is 0.0875. The number of carbonyl (C=O) groups excluding carboxylic acids is 1. The van der Waals surface area contributed by atoms with Crippen LogP contribution in [0.5, 0.6) is 0 Å². The van der Waals surface area contributed by atoms with E-state index in [0.717, 1.165) is 54.8 Å². The number of furan rings is 1. The maximum atomic E-state index is 12.8. The fourth-order valence-corrected chi connectivity index (χ4v) is 3.78. The molecule has 1 amide bonds. The van der Waals surface area contributed by atoms with Crippen molar-refractivity contribution in [3.63, 3.8) is 0 Å². The number of morpholine rings is 1. The van der Waals surface area contributed by atoms with Gasteiger partial charge in [-0.15, -0.1) is 0 Å². The van der Waals surface area contributed by atoms with Crippen molar-refractivity contribution in [2.45, 2.75) is 26.3 Å². The Bertz CT molecular complexity index is 971. The minimum Gasteiger partial charge on any atom is -0.464 e. The number of rotatable bonds is 6. The summed E-state index contributed by atoms with van der Waals surface area (Å²) >= 11 is 0. The van der Waals surface area contributed by atoms with Gasteiger partial charge in [0.15, 0.2) is 0 Å². The second-order valence-corrected chi connectivity index (χ2v) is 7.64. The molecule has 0 unspecified atom stereocenters. The molecule has 1 saturated heterocycles. The first kappa shape index (κ1) is 19.5. The summed E-state index contributed by atoms with van der Waals surface area (Å²) in [6.45, 7) is 6.13. The fraction of sp³-hybridized carbons (Fsp3) is 0.375. The highest BCUT2D eigenvalue weighted by Gasteiger charge is 2.15. The lowest BCUT2D eigenvalue weighted by Gasteiger charge is -2.29. The van der Waals surface area contributed by atoms with E-state index in [2.05, 4.69) is 54.3 Å². The molecule has 2 heterocycles. The van der Waals surface area contributed by atoms with E-state index in [1.165, 1.54) is 11.3 Å². The molecule has 0 spiro atoms. The molecule has 1 aliphatic rings. The highest BCUT2D eigenvalue weighted by atomic mass is 16.5. The molecule has 1 fully saturated rings. The topological polar surface area (TPSA) is 45.9 Å². The molecule has 5 heteroatoms. The van der Waals surface area contributed by atoms with Gasteiger partial charge in [0, 0.05) is 43.3 Å². The van der Waals surface area contributed by atoms with Gasteiger partial charge in [0.25, 0.3) is 0 Å². The Hall–Kier alpha value is -2.79. The summed E-state index contributed by atoms with van der Waals surface area (Å²) in [6, 6.07) is 14.7. The van der Waals surface area contributed by atoms with Crippen LogP contribution >= 0.6 is 0 Å². The van der Waals surface area contributed by atoms with Crippen molar-refractivity contribution < 1.29 is 13.9 Å². The number of hydrogen-bond acceptors (Lipinski definition) is 4. The molecule has 0 N–H and O–H groups in total. The predicted molar refractivity (Wildman–Crippen MR) is 115 cm³/mol. The highest BCUT2D eigenvalue weighted by Crippen LogP contribution is 2.24. The zero-order chi connectivity index (χ0) is 20.2. The lowest BCUT2D eigenvalue weighted by atomic mass is 10.1. The van der Waals surface area contributed by atoms with E-state index in [9.17, 15) is 4.79 Å². The first-order valence-corrected chi connectivity index (χ1v) is 10.3. The number of aryl methyl sites for hydroxylation is 1. The summed E-state index contributed by atoms with van der Waals surface area (Å²) < 4.78 is 11.1. The van der Waals surface area contributed by atoms with Crippen molar-refractivity contribution in [3.8, 4) is 0 Å². The zero-order valence-electron chi connectivity index (χ0n) is 17.2. The summed E-state index contributed by atoms with van der Waals surface area (Å²) in [5.41, 5.74) is 5.38. The van der Waals surface area contributed by atoms with Gasteiger partial charge in [0.2, 0.25) is 5.91 Å². The van der Waals surface area contributed by atoms with Gasteiger partial charge in [0.05, 0.1) is 25.9 Å². The number of fused-ring (bicyclic) bond motifs is 1. The normalized spacial score (nSPS) is 14.3. The number of amides is 1. The van der Waals surface area contributed by atoms with Crippen LogP contribution in [0.15, 0.2) is 53.1 Å². The Morgan fingerprint density at radius 3 is 2.52 bits per heavy atom. The molecule has 5 nitrogen and oxygen atoms in total. The smallest absolute Gasteiger partial charge is 0.227 e. The van der Waals surface area contributed by atoms with Gasteiger partial charge in [-0.1, -0.05) is 31.2 Å². The molecule has 1 aromatic heterocycles. The molecule has 3 aromatic rings. The fourth-order valence-electron chi connectivity index (χ4n) is 3.78. The summed E-state index contributed by atoms with van der Waals surface area (Å²) in [5.74, 6) is 0.0875. The van der Waals surface area contributed by atoms with Crippen LogP contribution in [0.4, 0.5) is 5.69 Å². The molecular formula is C24H28N2O3. The van der Waals surface area contributed by atoms with Gasteiger partial charge in [-0.3, -0.25) is 4.79 Å². The summed E-state index contributed by atoms with van der Waals surface area (Å²) in [6.07, 6.45) is 3.03. The molecular weight excluding hydrogens is 364 g/mol. The maximum absolute atomic E-state index is 12.8. The van der Waals surface area contributed by atoms with Crippen LogP contribution < -0.4 is 4.90 Å². The average molecular weight is 392 g/mol. The van der Waals surface area contributed by atoms with E-state index < -0.39 is 0 Å². The number of ether oxygens (including phenoxy) is 1. The standard InChI is InChI=1S/C24H28N2O3/c1-3-18-6-9-22-20(17-29-23(22)14-18)15-24(27)25(2)16-19-4-7-21(8-5-19)26-10-12-28-13-11-26/h4-9,14,17H,3,10-13,15-16H2,1-2H3. The first-order valence-electron chi connectivity index (χ1n) is 10.3. The lowest BCUT2D eigenvalue weighted by molar-refractivity contribution is -0.129. The van der Waals surface area contributed by atoms with Gasteiger partial charge in [0.1, 0.15) is 5.58 Å². The Kier molecular flexibility index (Phi) is 5.86. The number of nitrogens with zero attached hydrogens (tertiary/aromatic N) is 2. The van der Waals surface area contributed by atoms with Gasteiger partial charge in [-0.25, -0.2) is 0 Å². The quantitative estimate of drug-likeness (QED) is 0.635. The van der Waals surface area contributed by atoms with Crippen molar-refractivity contribution in [1.29, 1.82) is 0 Å². The first-order chi connectivity index (χ1) is 14.1. The molecule has 0 saturated carbocycles. The van der Waals surface area contributed by atoms with E-state index in [-0.39, 0.29) is 5.91 Å². The van der Waals surface area contributed by atoms with E-state index >= 15 is 0 Å². The molecule has 0 atom stereocenters. The largest absolute Gasteiger partial charge is 0.464 e. The number of anilines is 1. The summed E-state index contributed by atoms with van der Waals surface area (Å²) in [4.78, 5) is 16.9. The third-order valence-electron chi connectivity index (χ3n) is 5.63. The Morgan fingerprint density at radius 1 is 1.07 bits per heavy atom. The lowest BCUT2D eigenvalue weighted by Crippen LogP contribution is -2.36. The van der Waals surface area contributed by atoms with Gasteiger partial charge in [-0.05, 0) is 35.7 Å². The molecule has 2 aromatic carbocycles. The number of hydrogen-bond donors (Lipinski definition) is 0. The zero-order valence-corrected chi connectivity index (χ0v) is 17.2. The number of carbonyl (C=O) groups is 1. The highest BCUT2D eigenvalue weighted by molar-refractivity contribution is 5.87. The molecule has 0 bridgehead atoms. The molecule has 4 rings (SSSR count). The van der Waals surface area contributed by atoms with Gasteiger partial charge < -0.3 is 19.0 Å². The third-order valence-corrected chi connectivity index (χ3v) is 5.63. The number of benzene rings is 2. The second-order valence-electron chi connectivity index (χ2n) is 7.64. The maximum Gasteiger partial charge on any atom is 0.227 e. The Balaban J connectivity index is 1.38. The molecule has 0 aliphatic carbocycles. The van der Waals surface area contributed by atoms with E-state index in [0.29, 0.717) is 13.0 Å². The van der Waals surface area contributed by atoms with Crippen LogP contribution in [0.25, 0.3) is 11.0 Å². The van der Waals surface area contributed by atoms with Gasteiger partial charge >= 0.3 is 0 Å². The second kappa shape index (κ2) is 8.70.